The lowest BCUT2D eigenvalue weighted by Gasteiger charge is -2.13. The fourth-order valence-electron chi connectivity index (χ4n) is 2.88. The van der Waals surface area contributed by atoms with E-state index in [-0.39, 0.29) is 10.5 Å². The Balaban J connectivity index is 2.05. The number of methoxy groups -OCH3 is 1. The molecule has 1 aliphatic rings. The van der Waals surface area contributed by atoms with E-state index in [1.165, 1.54) is 43.5 Å². The first-order valence-corrected chi connectivity index (χ1v) is 11.3. The highest BCUT2D eigenvalue weighted by molar-refractivity contribution is 8.10. The highest BCUT2D eigenvalue weighted by atomic mass is 32.3. The number of hydrogen-bond acceptors (Lipinski definition) is 7. The van der Waals surface area contributed by atoms with Crippen molar-refractivity contribution in [3.63, 3.8) is 0 Å². The number of ether oxygens (including phenoxy) is 2. The van der Waals surface area contributed by atoms with E-state index >= 15 is 0 Å². The molecule has 2 aromatic rings. The second-order valence-electron chi connectivity index (χ2n) is 6.30. The van der Waals surface area contributed by atoms with Crippen LogP contribution >= 0.6 is 0 Å². The smallest absolute Gasteiger partial charge is 0.337 e. The second kappa shape index (κ2) is 6.43. The summed E-state index contributed by atoms with van der Waals surface area (Å²) in [6.07, 6.45) is -0.354. The number of hydrogen-bond donors (Lipinski definition) is 0. The predicted molar refractivity (Wildman–Crippen MR) is 97.5 cm³/mol. The Labute approximate surface area is 157 Å². The van der Waals surface area contributed by atoms with Crippen molar-refractivity contribution in [2.75, 3.05) is 13.4 Å². The summed E-state index contributed by atoms with van der Waals surface area (Å²) in [7, 11) is -7.23. The number of rotatable bonds is 5. The van der Waals surface area contributed by atoms with Crippen LogP contribution in [0.4, 0.5) is 0 Å². The van der Waals surface area contributed by atoms with Crippen LogP contribution in [0.2, 0.25) is 0 Å². The minimum absolute atomic E-state index is 0.132. The molecule has 1 aliphatic heterocycles. The highest BCUT2D eigenvalue weighted by Gasteiger charge is 2.74. The number of benzene rings is 2. The van der Waals surface area contributed by atoms with Crippen LogP contribution in [-0.2, 0) is 29.1 Å². The number of carbonyl (C=O) groups is 1. The van der Waals surface area contributed by atoms with Gasteiger partial charge in [-0.15, -0.1) is 0 Å². The molecule has 0 amide bonds. The van der Waals surface area contributed by atoms with E-state index in [2.05, 4.69) is 4.74 Å². The van der Waals surface area contributed by atoms with Crippen molar-refractivity contribution >= 4 is 25.6 Å². The van der Waals surface area contributed by atoms with Gasteiger partial charge in [0, 0.05) is 6.26 Å². The molecule has 0 bridgehead atoms. The average molecular weight is 410 g/mol. The zero-order chi connectivity index (χ0) is 20.0. The fraction of sp³-hybridized carbons (Fsp3) is 0.278. The van der Waals surface area contributed by atoms with Crippen LogP contribution in [0.1, 0.15) is 27.6 Å². The molecule has 2 aromatic carbocycles. The molecule has 9 heteroatoms. The molecule has 0 aromatic heterocycles. The van der Waals surface area contributed by atoms with Gasteiger partial charge in [-0.2, -0.15) is 0 Å². The normalized spacial score (nSPS) is 22.3. The van der Waals surface area contributed by atoms with Gasteiger partial charge in [0.2, 0.25) is 9.84 Å². The van der Waals surface area contributed by atoms with Gasteiger partial charge in [0.1, 0.15) is 6.10 Å². The van der Waals surface area contributed by atoms with E-state index in [1.807, 2.05) is 0 Å². The molecule has 3 rings (SSSR count). The third-order valence-electron chi connectivity index (χ3n) is 4.40. The maximum atomic E-state index is 13.1. The number of carbonyl (C=O) groups excluding carboxylic acids is 1. The van der Waals surface area contributed by atoms with Crippen molar-refractivity contribution < 1.29 is 31.1 Å². The Bertz CT molecular complexity index is 1090. The largest absolute Gasteiger partial charge is 0.465 e. The van der Waals surface area contributed by atoms with Crippen LogP contribution in [0.5, 0.6) is 0 Å². The Morgan fingerprint density at radius 1 is 1.00 bits per heavy atom. The minimum atomic E-state index is -4.33. The molecule has 1 fully saturated rings. The van der Waals surface area contributed by atoms with Crippen molar-refractivity contribution in [1.82, 2.24) is 0 Å². The first-order chi connectivity index (χ1) is 12.5. The molecular formula is C18H18O7S2. The van der Waals surface area contributed by atoms with Gasteiger partial charge in [0.15, 0.2) is 9.84 Å². The van der Waals surface area contributed by atoms with Gasteiger partial charge in [-0.3, -0.25) is 0 Å². The van der Waals surface area contributed by atoms with E-state index in [4.69, 9.17) is 4.74 Å². The van der Waals surface area contributed by atoms with Crippen molar-refractivity contribution in [2.24, 2.45) is 0 Å². The van der Waals surface area contributed by atoms with Crippen molar-refractivity contribution in [3.05, 3.63) is 65.2 Å². The molecule has 144 valence electrons. The third kappa shape index (κ3) is 3.05. The summed E-state index contributed by atoms with van der Waals surface area (Å²) >= 11 is 0. The zero-order valence-electron chi connectivity index (χ0n) is 14.9. The average Bonchev–Trinajstić information content (AvgIpc) is 3.39. The predicted octanol–water partition coefficient (Wildman–Crippen LogP) is 2.03. The maximum absolute atomic E-state index is 13.1. The molecule has 1 heterocycles. The molecule has 7 nitrogen and oxygen atoms in total. The van der Waals surface area contributed by atoms with Gasteiger partial charge >= 0.3 is 10.2 Å². The number of sulfone groups is 2. The van der Waals surface area contributed by atoms with E-state index in [0.29, 0.717) is 5.56 Å². The first-order valence-electron chi connectivity index (χ1n) is 7.91. The minimum Gasteiger partial charge on any atom is -0.465 e. The lowest BCUT2D eigenvalue weighted by Crippen LogP contribution is -2.34. The van der Waals surface area contributed by atoms with Gasteiger partial charge in [0.25, 0.3) is 0 Å². The van der Waals surface area contributed by atoms with E-state index < -0.39 is 36.0 Å². The van der Waals surface area contributed by atoms with Gasteiger partial charge in [-0.25, -0.2) is 21.6 Å². The molecule has 0 spiro atoms. The quantitative estimate of drug-likeness (QED) is 0.548. The topological polar surface area (TPSA) is 107 Å². The molecule has 2 atom stereocenters. The Hall–Kier alpha value is -2.23. The summed E-state index contributed by atoms with van der Waals surface area (Å²) in [5.74, 6) is -0.556. The summed E-state index contributed by atoms with van der Waals surface area (Å²) in [6.45, 7) is 1.79. The number of aryl methyl sites for hydroxylation is 1. The van der Waals surface area contributed by atoms with Crippen molar-refractivity contribution in [3.8, 4) is 0 Å². The summed E-state index contributed by atoms with van der Waals surface area (Å²) < 4.78 is 58.6. The zero-order valence-corrected chi connectivity index (χ0v) is 16.5. The van der Waals surface area contributed by atoms with Crippen molar-refractivity contribution in [2.45, 2.75) is 22.2 Å². The second-order valence-corrected chi connectivity index (χ2v) is 10.8. The molecule has 27 heavy (non-hydrogen) atoms. The lowest BCUT2D eigenvalue weighted by molar-refractivity contribution is 0.0600. The van der Waals surface area contributed by atoms with Crippen LogP contribution in [0.15, 0.2) is 53.4 Å². The third-order valence-corrected chi connectivity index (χ3v) is 9.27. The lowest BCUT2D eigenvalue weighted by atomic mass is 10.1. The maximum Gasteiger partial charge on any atom is 0.337 e. The SMILES string of the molecule is COC(=O)c1ccc([C@@H]2O[C@@]2(S(C)(=O)=O)S(=O)(=O)c2ccc(C)cc2)cc1. The Kier molecular flexibility index (Phi) is 4.65. The van der Waals surface area contributed by atoms with Gasteiger partial charge in [-0.1, -0.05) is 29.8 Å². The fourth-order valence-corrected chi connectivity index (χ4v) is 7.02. The molecule has 0 N–H and O–H groups in total. The van der Waals surface area contributed by atoms with Crippen LogP contribution in [0, 0.1) is 6.92 Å². The monoisotopic (exact) mass is 410 g/mol. The van der Waals surface area contributed by atoms with Crippen LogP contribution < -0.4 is 0 Å². The van der Waals surface area contributed by atoms with Crippen molar-refractivity contribution in [1.29, 1.82) is 0 Å². The van der Waals surface area contributed by atoms with Gasteiger partial charge < -0.3 is 9.47 Å². The van der Waals surface area contributed by atoms with E-state index in [0.717, 1.165) is 11.8 Å². The standard InChI is InChI=1S/C18H18O7S2/c1-12-4-10-15(11-5-12)27(22,23)18(26(3,20)21)16(25-18)13-6-8-14(9-7-13)17(19)24-2/h4-11,16H,1-3H3/t16-,18-/m0/s1. The van der Waals surface area contributed by atoms with Crippen LogP contribution in [0.25, 0.3) is 0 Å². The van der Waals surface area contributed by atoms with Gasteiger partial charge in [0.05, 0.1) is 17.6 Å². The molecule has 0 aliphatic carbocycles. The summed E-state index contributed by atoms with van der Waals surface area (Å²) in [5, 5.41) is 0. The molecule has 0 radical (unpaired) electrons. The molecule has 0 saturated carbocycles. The number of esters is 1. The summed E-state index contributed by atoms with van der Waals surface area (Å²) in [4.78, 5) is 11.4. The summed E-state index contributed by atoms with van der Waals surface area (Å²) in [5.41, 5.74) is 1.44. The Morgan fingerprint density at radius 3 is 2.04 bits per heavy atom. The first kappa shape index (κ1) is 19.5. The van der Waals surface area contributed by atoms with E-state index in [1.54, 1.807) is 19.1 Å². The molecular weight excluding hydrogens is 392 g/mol. The molecule has 1 saturated heterocycles. The van der Waals surface area contributed by atoms with Gasteiger partial charge in [-0.05, 0) is 36.8 Å². The van der Waals surface area contributed by atoms with Crippen LogP contribution in [-0.4, -0.2) is 40.4 Å². The summed E-state index contributed by atoms with van der Waals surface area (Å²) in [6, 6.07) is 11.6. The highest BCUT2D eigenvalue weighted by Crippen LogP contribution is 2.58. The number of epoxide rings is 1. The molecule has 0 unspecified atom stereocenters. The van der Waals surface area contributed by atoms with E-state index in [9.17, 15) is 21.6 Å². The van der Waals surface area contributed by atoms with Crippen LogP contribution in [0.3, 0.4) is 0 Å². The Morgan fingerprint density at radius 2 is 1.56 bits per heavy atom.